The van der Waals surface area contributed by atoms with Gasteiger partial charge in [-0.25, -0.2) is 14.8 Å². The Morgan fingerprint density at radius 3 is 2.59 bits per heavy atom. The van der Waals surface area contributed by atoms with Gasteiger partial charge in [-0.1, -0.05) is 6.07 Å². The van der Waals surface area contributed by atoms with Crippen molar-refractivity contribution in [2.75, 3.05) is 5.32 Å². The molecule has 0 unspecified atom stereocenters. The first-order valence-corrected chi connectivity index (χ1v) is 10.0. The minimum Gasteiger partial charge on any atom is -0.479 e. The molecule has 8 heteroatoms. The summed E-state index contributed by atoms with van der Waals surface area (Å²) in [6.07, 6.45) is 2.13. The van der Waals surface area contributed by atoms with Crippen LogP contribution in [0, 0.1) is 13.8 Å². The molecule has 8 nitrogen and oxygen atoms in total. The van der Waals surface area contributed by atoms with Crippen LogP contribution in [0.4, 0.5) is 11.5 Å². The van der Waals surface area contributed by atoms with Crippen molar-refractivity contribution in [1.82, 2.24) is 15.0 Å². The summed E-state index contributed by atoms with van der Waals surface area (Å²) in [4.78, 5) is 24.1. The smallest absolute Gasteiger partial charge is 0.344 e. The first-order chi connectivity index (χ1) is 15.4. The number of pyridine rings is 1. The van der Waals surface area contributed by atoms with Gasteiger partial charge in [0.05, 0.1) is 17.1 Å². The number of anilines is 2. The molecule has 2 aromatic carbocycles. The van der Waals surface area contributed by atoms with Crippen molar-refractivity contribution in [3.63, 3.8) is 0 Å². The number of ether oxygens (including phenoxy) is 2. The maximum Gasteiger partial charge on any atom is 0.344 e. The highest BCUT2D eigenvalue weighted by Gasteiger charge is 2.17. The summed E-state index contributed by atoms with van der Waals surface area (Å²) < 4.78 is 11.6. The average molecular weight is 430 g/mol. The van der Waals surface area contributed by atoms with E-state index in [4.69, 9.17) is 9.47 Å². The van der Waals surface area contributed by atoms with Gasteiger partial charge in [0.2, 0.25) is 0 Å². The van der Waals surface area contributed by atoms with Gasteiger partial charge in [-0.15, -0.1) is 0 Å². The van der Waals surface area contributed by atoms with Crippen molar-refractivity contribution in [1.29, 1.82) is 0 Å². The zero-order valence-corrected chi connectivity index (χ0v) is 17.9. The number of hydrogen-bond donors (Lipinski definition) is 2. The summed E-state index contributed by atoms with van der Waals surface area (Å²) in [7, 11) is 0. The predicted octanol–water partition coefficient (Wildman–Crippen LogP) is 5.03. The number of fused-ring (bicyclic) bond motifs is 1. The van der Waals surface area contributed by atoms with Crippen LogP contribution >= 0.6 is 0 Å². The van der Waals surface area contributed by atoms with Crippen molar-refractivity contribution < 1.29 is 19.4 Å². The third-order valence-corrected chi connectivity index (χ3v) is 4.83. The highest BCUT2D eigenvalue weighted by Crippen LogP contribution is 2.33. The summed E-state index contributed by atoms with van der Waals surface area (Å²) >= 11 is 0. The summed E-state index contributed by atoms with van der Waals surface area (Å²) in [5.74, 6) is 1.23. The summed E-state index contributed by atoms with van der Waals surface area (Å²) in [6.45, 7) is 5.35. The lowest BCUT2D eigenvalue weighted by atomic mass is 10.1. The predicted molar refractivity (Wildman–Crippen MR) is 121 cm³/mol. The summed E-state index contributed by atoms with van der Waals surface area (Å²) in [5, 5.41) is 13.1. The van der Waals surface area contributed by atoms with Crippen molar-refractivity contribution in [2.24, 2.45) is 0 Å². The first kappa shape index (κ1) is 21.0. The molecule has 0 spiro atoms. The van der Waals surface area contributed by atoms with Crippen LogP contribution in [0.3, 0.4) is 0 Å². The van der Waals surface area contributed by atoms with Crippen LogP contribution in [-0.4, -0.2) is 32.1 Å². The van der Waals surface area contributed by atoms with Gasteiger partial charge in [0.1, 0.15) is 29.4 Å². The molecule has 1 atom stereocenters. The molecule has 162 valence electrons. The first-order valence-electron chi connectivity index (χ1n) is 10.0. The Kier molecular flexibility index (Phi) is 5.85. The highest BCUT2D eigenvalue weighted by molar-refractivity contribution is 5.96. The van der Waals surface area contributed by atoms with Crippen LogP contribution in [0.25, 0.3) is 10.9 Å². The van der Waals surface area contributed by atoms with Crippen LogP contribution in [-0.2, 0) is 4.79 Å². The number of hydrogen-bond acceptors (Lipinski definition) is 7. The fraction of sp³-hybridized carbons (Fsp3) is 0.167. The molecule has 4 aromatic rings. The molecule has 0 aliphatic carbocycles. The second-order valence-corrected chi connectivity index (χ2v) is 7.31. The monoisotopic (exact) mass is 430 g/mol. The van der Waals surface area contributed by atoms with Gasteiger partial charge in [-0.05, 0) is 68.8 Å². The zero-order chi connectivity index (χ0) is 22.7. The van der Waals surface area contributed by atoms with Gasteiger partial charge < -0.3 is 19.9 Å². The van der Waals surface area contributed by atoms with Crippen molar-refractivity contribution >= 4 is 28.4 Å². The van der Waals surface area contributed by atoms with Crippen LogP contribution in [0.5, 0.6) is 17.2 Å². The lowest BCUT2D eigenvalue weighted by Crippen LogP contribution is -2.23. The molecule has 0 radical (unpaired) electrons. The largest absolute Gasteiger partial charge is 0.479 e. The minimum absolute atomic E-state index is 0.393. The van der Waals surface area contributed by atoms with E-state index in [2.05, 4.69) is 20.3 Å². The van der Waals surface area contributed by atoms with Crippen LogP contribution in [0.2, 0.25) is 0 Å². The molecule has 0 fully saturated rings. The van der Waals surface area contributed by atoms with Crippen LogP contribution in [0.15, 0.2) is 61.1 Å². The van der Waals surface area contributed by atoms with E-state index >= 15 is 0 Å². The Balaban J connectivity index is 1.62. The number of carbonyl (C=O) groups is 1. The zero-order valence-electron chi connectivity index (χ0n) is 17.9. The number of aromatic nitrogens is 3. The van der Waals surface area contributed by atoms with Gasteiger partial charge >= 0.3 is 5.97 Å². The molecule has 32 heavy (non-hydrogen) atoms. The molecule has 0 saturated heterocycles. The molecule has 0 amide bonds. The molecule has 0 bridgehead atoms. The SMILES string of the molecule is Cc1ccc(Oc2ccc(Nc3ncnc4cccc(O[C@H](C)C(=O)O)c34)cc2C)cn1. The highest BCUT2D eigenvalue weighted by atomic mass is 16.5. The molecule has 0 aliphatic heterocycles. The Labute approximate surface area is 184 Å². The number of nitrogens with zero attached hydrogens (tertiary/aromatic N) is 3. The quantitative estimate of drug-likeness (QED) is 0.420. The Hall–Kier alpha value is -4.20. The Morgan fingerprint density at radius 2 is 1.88 bits per heavy atom. The number of nitrogens with one attached hydrogen (secondary N) is 1. The lowest BCUT2D eigenvalue weighted by molar-refractivity contribution is -0.144. The normalized spacial score (nSPS) is 11.7. The number of benzene rings is 2. The third-order valence-electron chi connectivity index (χ3n) is 4.83. The molecule has 4 rings (SSSR count). The second kappa shape index (κ2) is 8.89. The third kappa shape index (κ3) is 4.59. The molecule has 2 heterocycles. The van der Waals surface area contributed by atoms with Crippen molar-refractivity contribution in [3.05, 3.63) is 72.3 Å². The number of aryl methyl sites for hydroxylation is 2. The van der Waals surface area contributed by atoms with E-state index < -0.39 is 12.1 Å². The van der Waals surface area contributed by atoms with E-state index in [1.165, 1.54) is 13.3 Å². The molecular weight excluding hydrogens is 408 g/mol. The second-order valence-electron chi connectivity index (χ2n) is 7.31. The average Bonchev–Trinajstić information content (AvgIpc) is 2.77. The molecule has 0 saturated carbocycles. The molecule has 2 aromatic heterocycles. The van der Waals surface area contributed by atoms with E-state index in [9.17, 15) is 9.90 Å². The van der Waals surface area contributed by atoms with Gasteiger partial charge in [0, 0.05) is 11.4 Å². The van der Waals surface area contributed by atoms with E-state index in [-0.39, 0.29) is 0 Å². The van der Waals surface area contributed by atoms with Crippen molar-refractivity contribution in [3.8, 4) is 17.2 Å². The minimum atomic E-state index is -1.05. The summed E-state index contributed by atoms with van der Waals surface area (Å²) in [6, 6.07) is 14.7. The van der Waals surface area contributed by atoms with E-state index in [0.29, 0.717) is 34.0 Å². The van der Waals surface area contributed by atoms with Gasteiger partial charge in [0.15, 0.2) is 6.10 Å². The number of carboxylic acids is 1. The summed E-state index contributed by atoms with van der Waals surface area (Å²) in [5.41, 5.74) is 3.27. The van der Waals surface area contributed by atoms with E-state index in [0.717, 1.165) is 16.9 Å². The van der Waals surface area contributed by atoms with Crippen LogP contribution in [0.1, 0.15) is 18.2 Å². The molecular formula is C24H22N4O4. The fourth-order valence-corrected chi connectivity index (χ4v) is 3.13. The topological polar surface area (TPSA) is 106 Å². The Morgan fingerprint density at radius 1 is 1.03 bits per heavy atom. The maximum absolute atomic E-state index is 11.2. The standard InChI is InChI=1S/C24H22N4O4/c1-14-11-17(8-10-20(14)32-18-9-7-15(2)25-12-18)28-23-22-19(26-13-27-23)5-4-6-21(22)31-16(3)24(29)30/h4-13,16H,1-3H3,(H,29,30)(H,26,27,28)/t16-/m1/s1. The van der Waals surface area contributed by atoms with E-state index in [1.54, 1.807) is 18.3 Å². The number of rotatable bonds is 7. The number of carboxylic acid groups (broad SMARTS) is 1. The molecule has 0 aliphatic rings. The Bertz CT molecular complexity index is 1270. The van der Waals surface area contributed by atoms with Crippen molar-refractivity contribution in [2.45, 2.75) is 26.9 Å². The van der Waals surface area contributed by atoms with Crippen LogP contribution < -0.4 is 14.8 Å². The van der Waals surface area contributed by atoms with Gasteiger partial charge in [0.25, 0.3) is 0 Å². The lowest BCUT2D eigenvalue weighted by Gasteiger charge is -2.16. The fourth-order valence-electron chi connectivity index (χ4n) is 3.13. The molecule has 2 N–H and O–H groups in total. The van der Waals surface area contributed by atoms with Gasteiger partial charge in [-0.3, -0.25) is 4.98 Å². The van der Waals surface area contributed by atoms with E-state index in [1.807, 2.05) is 50.2 Å². The number of aliphatic carboxylic acids is 1. The van der Waals surface area contributed by atoms with Gasteiger partial charge in [-0.2, -0.15) is 0 Å². The maximum atomic E-state index is 11.2.